The molecular weight excluding hydrogens is 244 g/mol. The quantitative estimate of drug-likeness (QED) is 0.687. The molecule has 2 nitrogen and oxygen atoms in total. The molecule has 1 fully saturated rings. The standard InChI is InChI=1S/C18H32N2/c1-16(2,3)13-12-15(17(4,5)6)20(19-13)14-10-9-11-18(14,7)8/h12,14H,9-11H2,1-8H3. The molecule has 0 saturated heterocycles. The third-order valence-corrected chi connectivity index (χ3v) is 4.77. The van der Waals surface area contributed by atoms with Crippen LogP contribution in [0.4, 0.5) is 0 Å². The highest BCUT2D eigenvalue weighted by atomic mass is 15.3. The Morgan fingerprint density at radius 1 is 1.10 bits per heavy atom. The molecule has 1 aliphatic rings. The second-order valence-electron chi connectivity index (χ2n) is 9.26. The first-order valence-electron chi connectivity index (χ1n) is 8.03. The zero-order chi connectivity index (χ0) is 15.3. The van der Waals surface area contributed by atoms with E-state index in [4.69, 9.17) is 5.10 Å². The second kappa shape index (κ2) is 4.61. The first-order chi connectivity index (χ1) is 8.93. The van der Waals surface area contributed by atoms with Crippen LogP contribution in [0.5, 0.6) is 0 Å². The molecule has 0 bridgehead atoms. The number of aromatic nitrogens is 2. The van der Waals surface area contributed by atoms with Gasteiger partial charge in [0.05, 0.1) is 11.7 Å². The van der Waals surface area contributed by atoms with E-state index in [2.05, 4.69) is 66.1 Å². The normalized spacial score (nSPS) is 23.3. The molecule has 20 heavy (non-hydrogen) atoms. The van der Waals surface area contributed by atoms with E-state index in [-0.39, 0.29) is 10.8 Å². The Morgan fingerprint density at radius 3 is 2.10 bits per heavy atom. The van der Waals surface area contributed by atoms with Gasteiger partial charge in [0.25, 0.3) is 0 Å². The van der Waals surface area contributed by atoms with Gasteiger partial charge in [-0.15, -0.1) is 0 Å². The van der Waals surface area contributed by atoms with E-state index in [0.29, 0.717) is 11.5 Å². The van der Waals surface area contributed by atoms with Crippen LogP contribution in [0.1, 0.15) is 92.1 Å². The van der Waals surface area contributed by atoms with E-state index in [9.17, 15) is 0 Å². The van der Waals surface area contributed by atoms with Crippen LogP contribution < -0.4 is 0 Å². The van der Waals surface area contributed by atoms with E-state index >= 15 is 0 Å². The Labute approximate surface area is 125 Å². The smallest absolute Gasteiger partial charge is 0.0681 e. The van der Waals surface area contributed by atoms with Crippen molar-refractivity contribution in [2.24, 2.45) is 5.41 Å². The molecule has 0 aromatic carbocycles. The van der Waals surface area contributed by atoms with Crippen LogP contribution in [0.25, 0.3) is 0 Å². The molecular formula is C18H32N2. The van der Waals surface area contributed by atoms with E-state index < -0.39 is 0 Å². The summed E-state index contributed by atoms with van der Waals surface area (Å²) in [7, 11) is 0. The van der Waals surface area contributed by atoms with Gasteiger partial charge in [-0.1, -0.05) is 61.8 Å². The molecule has 0 N–H and O–H groups in total. The Morgan fingerprint density at radius 2 is 1.70 bits per heavy atom. The van der Waals surface area contributed by atoms with Crippen molar-refractivity contribution < 1.29 is 0 Å². The Balaban J connectivity index is 2.54. The molecule has 114 valence electrons. The highest BCUT2D eigenvalue weighted by Gasteiger charge is 2.39. The largest absolute Gasteiger partial charge is 0.265 e. The van der Waals surface area contributed by atoms with Crippen molar-refractivity contribution in [3.05, 3.63) is 17.5 Å². The molecule has 1 aromatic heterocycles. The van der Waals surface area contributed by atoms with E-state index in [1.807, 2.05) is 0 Å². The minimum atomic E-state index is 0.119. The summed E-state index contributed by atoms with van der Waals surface area (Å²) in [6.45, 7) is 18.5. The minimum absolute atomic E-state index is 0.119. The van der Waals surface area contributed by atoms with Gasteiger partial charge in [0.1, 0.15) is 0 Å². The summed E-state index contributed by atoms with van der Waals surface area (Å²) in [6, 6.07) is 2.89. The lowest BCUT2D eigenvalue weighted by Crippen LogP contribution is -2.28. The van der Waals surface area contributed by atoms with Gasteiger partial charge in [0.15, 0.2) is 0 Å². The fraction of sp³-hybridized carbons (Fsp3) is 0.833. The lowest BCUT2D eigenvalue weighted by molar-refractivity contribution is 0.230. The molecule has 0 spiro atoms. The van der Waals surface area contributed by atoms with Crippen LogP contribution in [0.2, 0.25) is 0 Å². The Kier molecular flexibility index (Phi) is 3.59. The maximum Gasteiger partial charge on any atom is 0.0681 e. The summed E-state index contributed by atoms with van der Waals surface area (Å²) in [5.41, 5.74) is 3.25. The van der Waals surface area contributed by atoms with Gasteiger partial charge in [-0.2, -0.15) is 5.10 Å². The van der Waals surface area contributed by atoms with E-state index in [1.54, 1.807) is 0 Å². The van der Waals surface area contributed by atoms with Gasteiger partial charge in [-0.3, -0.25) is 4.68 Å². The van der Waals surface area contributed by atoms with Crippen LogP contribution in [-0.2, 0) is 10.8 Å². The SMILES string of the molecule is CC(C)(C)c1cc(C(C)(C)C)n(C2CCCC2(C)C)n1. The summed E-state index contributed by atoms with van der Waals surface area (Å²) in [4.78, 5) is 0. The van der Waals surface area contributed by atoms with E-state index in [0.717, 1.165) is 0 Å². The number of hydrogen-bond acceptors (Lipinski definition) is 1. The molecule has 1 aliphatic carbocycles. The van der Waals surface area contributed by atoms with Crippen molar-refractivity contribution in [2.75, 3.05) is 0 Å². The van der Waals surface area contributed by atoms with Crippen LogP contribution in [0, 0.1) is 5.41 Å². The first kappa shape index (κ1) is 15.6. The van der Waals surface area contributed by atoms with Gasteiger partial charge >= 0.3 is 0 Å². The monoisotopic (exact) mass is 276 g/mol. The highest BCUT2D eigenvalue weighted by molar-refractivity contribution is 5.24. The van der Waals surface area contributed by atoms with Gasteiger partial charge in [0.2, 0.25) is 0 Å². The van der Waals surface area contributed by atoms with Crippen LogP contribution >= 0.6 is 0 Å². The molecule has 0 radical (unpaired) electrons. The van der Waals surface area contributed by atoms with Crippen LogP contribution in [-0.4, -0.2) is 9.78 Å². The van der Waals surface area contributed by atoms with Gasteiger partial charge in [0, 0.05) is 16.5 Å². The number of hydrogen-bond donors (Lipinski definition) is 0. The van der Waals surface area contributed by atoms with Crippen molar-refractivity contribution in [3.8, 4) is 0 Å². The summed E-state index contributed by atoms with van der Waals surface area (Å²) >= 11 is 0. The summed E-state index contributed by atoms with van der Waals surface area (Å²) in [6.07, 6.45) is 3.90. The average Bonchev–Trinajstić information content (AvgIpc) is 2.78. The van der Waals surface area contributed by atoms with Gasteiger partial charge < -0.3 is 0 Å². The topological polar surface area (TPSA) is 17.8 Å². The first-order valence-corrected chi connectivity index (χ1v) is 8.03. The molecule has 1 atom stereocenters. The Hall–Kier alpha value is -0.790. The third kappa shape index (κ3) is 2.80. The lowest BCUT2D eigenvalue weighted by Gasteiger charge is -2.31. The summed E-state index contributed by atoms with van der Waals surface area (Å²) < 4.78 is 2.37. The third-order valence-electron chi connectivity index (χ3n) is 4.77. The summed E-state index contributed by atoms with van der Waals surface area (Å²) in [5.74, 6) is 0. The highest BCUT2D eigenvalue weighted by Crippen LogP contribution is 2.47. The zero-order valence-electron chi connectivity index (χ0n) is 14.7. The molecule has 1 saturated carbocycles. The molecule has 1 aromatic rings. The molecule has 2 heteroatoms. The predicted octanol–water partition coefficient (Wildman–Crippen LogP) is 5.23. The predicted molar refractivity (Wildman–Crippen MR) is 86.3 cm³/mol. The van der Waals surface area contributed by atoms with Crippen molar-refractivity contribution in [2.45, 2.75) is 91.5 Å². The fourth-order valence-corrected chi connectivity index (χ4v) is 3.32. The molecule has 1 unspecified atom stereocenters. The molecule has 2 rings (SSSR count). The summed E-state index contributed by atoms with van der Waals surface area (Å²) in [5, 5.41) is 5.04. The molecule has 0 amide bonds. The van der Waals surface area contributed by atoms with Gasteiger partial charge in [-0.25, -0.2) is 0 Å². The lowest BCUT2D eigenvalue weighted by atomic mass is 9.85. The number of nitrogens with zero attached hydrogens (tertiary/aromatic N) is 2. The minimum Gasteiger partial charge on any atom is -0.265 e. The maximum atomic E-state index is 5.04. The van der Waals surface area contributed by atoms with Crippen molar-refractivity contribution in [1.82, 2.24) is 9.78 Å². The zero-order valence-corrected chi connectivity index (χ0v) is 14.7. The average molecular weight is 276 g/mol. The van der Waals surface area contributed by atoms with Crippen molar-refractivity contribution in [1.29, 1.82) is 0 Å². The molecule has 0 aliphatic heterocycles. The van der Waals surface area contributed by atoms with Crippen LogP contribution in [0.15, 0.2) is 6.07 Å². The molecule has 1 heterocycles. The van der Waals surface area contributed by atoms with Gasteiger partial charge in [-0.05, 0) is 24.3 Å². The Bertz CT molecular complexity index is 480. The van der Waals surface area contributed by atoms with Crippen molar-refractivity contribution >= 4 is 0 Å². The fourth-order valence-electron chi connectivity index (χ4n) is 3.32. The van der Waals surface area contributed by atoms with E-state index in [1.165, 1.54) is 30.7 Å². The maximum absolute atomic E-state index is 5.04. The number of rotatable bonds is 1. The van der Waals surface area contributed by atoms with Crippen LogP contribution in [0.3, 0.4) is 0 Å². The van der Waals surface area contributed by atoms with Crippen molar-refractivity contribution in [3.63, 3.8) is 0 Å². The second-order valence-corrected chi connectivity index (χ2v) is 9.26.